The molecule has 0 aliphatic rings. The summed E-state index contributed by atoms with van der Waals surface area (Å²) in [6.07, 6.45) is 0. The molecule has 142 valence electrons. The molecule has 0 aliphatic carbocycles. The van der Waals surface area contributed by atoms with Crippen molar-refractivity contribution < 1.29 is 14.3 Å². The first-order chi connectivity index (χ1) is 13.5. The molecule has 0 unspecified atom stereocenters. The van der Waals surface area contributed by atoms with Crippen LogP contribution < -0.4 is 11.1 Å². The van der Waals surface area contributed by atoms with E-state index in [-0.39, 0.29) is 17.3 Å². The monoisotopic (exact) mass is 394 g/mol. The fraction of sp³-hybridized carbons (Fsp3) is 0.0909. The molecular formula is C22H19ClN2O3. The third-order valence-corrected chi connectivity index (χ3v) is 4.38. The summed E-state index contributed by atoms with van der Waals surface area (Å²) < 4.78 is 5.11. The van der Waals surface area contributed by atoms with Crippen LogP contribution in [0.1, 0.15) is 27.5 Å². The first-order valence-electron chi connectivity index (χ1n) is 8.66. The highest BCUT2D eigenvalue weighted by Gasteiger charge is 2.19. The van der Waals surface area contributed by atoms with E-state index in [1.807, 2.05) is 60.7 Å². The van der Waals surface area contributed by atoms with Crippen LogP contribution in [0.3, 0.4) is 0 Å². The average Bonchev–Trinajstić information content (AvgIpc) is 2.73. The van der Waals surface area contributed by atoms with Gasteiger partial charge >= 0.3 is 5.97 Å². The van der Waals surface area contributed by atoms with E-state index in [0.717, 1.165) is 11.1 Å². The Hall–Kier alpha value is -3.31. The molecule has 0 spiro atoms. The van der Waals surface area contributed by atoms with Crippen molar-refractivity contribution in [1.82, 2.24) is 5.32 Å². The molecule has 3 rings (SSSR count). The fourth-order valence-electron chi connectivity index (χ4n) is 2.77. The number of amides is 1. The topological polar surface area (TPSA) is 81.4 Å². The zero-order chi connectivity index (χ0) is 19.9. The Morgan fingerprint density at radius 2 is 1.50 bits per heavy atom. The third kappa shape index (κ3) is 4.90. The number of benzene rings is 3. The van der Waals surface area contributed by atoms with E-state index >= 15 is 0 Å². The second kappa shape index (κ2) is 9.06. The minimum Gasteiger partial charge on any atom is -0.452 e. The summed E-state index contributed by atoms with van der Waals surface area (Å²) in [4.78, 5) is 24.6. The van der Waals surface area contributed by atoms with Crippen molar-refractivity contribution in [2.75, 3.05) is 12.3 Å². The molecular weight excluding hydrogens is 376 g/mol. The number of nitrogens with two attached hydrogens (primary N) is 1. The third-order valence-electron chi connectivity index (χ3n) is 4.14. The second-order valence-electron chi connectivity index (χ2n) is 6.13. The molecule has 3 N–H and O–H groups in total. The van der Waals surface area contributed by atoms with Gasteiger partial charge in [0, 0.05) is 10.7 Å². The van der Waals surface area contributed by atoms with Gasteiger partial charge in [0.05, 0.1) is 11.6 Å². The highest BCUT2D eigenvalue weighted by atomic mass is 35.5. The van der Waals surface area contributed by atoms with Gasteiger partial charge in [0.25, 0.3) is 5.91 Å². The summed E-state index contributed by atoms with van der Waals surface area (Å²) in [5, 5.41) is 3.27. The summed E-state index contributed by atoms with van der Waals surface area (Å²) in [5.74, 6) is -1.13. The molecule has 0 heterocycles. The number of nitrogen functional groups attached to an aromatic ring is 1. The van der Waals surface area contributed by atoms with Gasteiger partial charge in [-0.3, -0.25) is 4.79 Å². The van der Waals surface area contributed by atoms with Crippen molar-refractivity contribution in [3.63, 3.8) is 0 Å². The number of hydrogen-bond acceptors (Lipinski definition) is 4. The Bertz CT molecular complexity index is 923. The molecule has 0 radical (unpaired) electrons. The molecule has 0 atom stereocenters. The average molecular weight is 395 g/mol. The van der Waals surface area contributed by atoms with Gasteiger partial charge < -0.3 is 15.8 Å². The van der Waals surface area contributed by atoms with E-state index in [4.69, 9.17) is 22.1 Å². The number of carbonyl (C=O) groups excluding carboxylic acids is 2. The van der Waals surface area contributed by atoms with Crippen LogP contribution in [0, 0.1) is 0 Å². The predicted octanol–water partition coefficient (Wildman–Crippen LogP) is 3.98. The van der Waals surface area contributed by atoms with E-state index in [1.165, 1.54) is 12.1 Å². The van der Waals surface area contributed by atoms with Crippen molar-refractivity contribution >= 4 is 29.2 Å². The highest BCUT2D eigenvalue weighted by Crippen LogP contribution is 2.22. The van der Waals surface area contributed by atoms with E-state index < -0.39 is 18.5 Å². The predicted molar refractivity (Wildman–Crippen MR) is 109 cm³/mol. The lowest BCUT2D eigenvalue weighted by Gasteiger charge is -2.20. The Labute approximate surface area is 168 Å². The standard InChI is InChI=1S/C22H19ClN2O3/c23-17-11-12-19(24)18(13-17)22(27)28-14-20(26)25-21(15-7-3-1-4-8-15)16-9-5-2-6-10-16/h1-13,21H,14,24H2,(H,25,26). The summed E-state index contributed by atoms with van der Waals surface area (Å²) in [7, 11) is 0. The van der Waals surface area contributed by atoms with Crippen LogP contribution in [0.2, 0.25) is 5.02 Å². The highest BCUT2D eigenvalue weighted by molar-refractivity contribution is 6.31. The molecule has 0 aromatic heterocycles. The van der Waals surface area contributed by atoms with Gasteiger partial charge in [-0.25, -0.2) is 4.79 Å². The molecule has 28 heavy (non-hydrogen) atoms. The number of anilines is 1. The molecule has 0 fully saturated rings. The molecule has 5 nitrogen and oxygen atoms in total. The molecule has 0 bridgehead atoms. The Morgan fingerprint density at radius 1 is 0.929 bits per heavy atom. The largest absolute Gasteiger partial charge is 0.452 e. The smallest absolute Gasteiger partial charge is 0.340 e. The normalized spacial score (nSPS) is 10.5. The van der Waals surface area contributed by atoms with Crippen LogP contribution in [-0.4, -0.2) is 18.5 Å². The molecule has 6 heteroatoms. The van der Waals surface area contributed by atoms with Crippen molar-refractivity contribution in [3.8, 4) is 0 Å². The van der Waals surface area contributed by atoms with Gasteiger partial charge in [0.15, 0.2) is 6.61 Å². The quantitative estimate of drug-likeness (QED) is 0.489. The SMILES string of the molecule is Nc1ccc(Cl)cc1C(=O)OCC(=O)NC(c1ccccc1)c1ccccc1. The maximum Gasteiger partial charge on any atom is 0.340 e. The zero-order valence-corrected chi connectivity index (χ0v) is 15.7. The van der Waals surface area contributed by atoms with Crippen molar-refractivity contribution in [1.29, 1.82) is 0 Å². The maximum atomic E-state index is 12.4. The van der Waals surface area contributed by atoms with Crippen LogP contribution >= 0.6 is 11.6 Å². The minimum atomic E-state index is -0.703. The maximum absolute atomic E-state index is 12.4. The number of halogens is 1. The summed E-state index contributed by atoms with van der Waals surface area (Å²) in [6.45, 7) is -0.430. The Kier molecular flexibility index (Phi) is 6.29. The molecule has 0 saturated carbocycles. The fourth-order valence-corrected chi connectivity index (χ4v) is 2.94. The molecule has 0 saturated heterocycles. The van der Waals surface area contributed by atoms with Gasteiger partial charge in [-0.1, -0.05) is 72.3 Å². The van der Waals surface area contributed by atoms with E-state index in [1.54, 1.807) is 6.07 Å². The van der Waals surface area contributed by atoms with Gasteiger partial charge in [-0.2, -0.15) is 0 Å². The lowest BCUT2D eigenvalue weighted by molar-refractivity contribution is -0.124. The lowest BCUT2D eigenvalue weighted by Crippen LogP contribution is -2.33. The Morgan fingerprint density at radius 3 is 2.07 bits per heavy atom. The van der Waals surface area contributed by atoms with Crippen LogP contribution in [0.25, 0.3) is 0 Å². The van der Waals surface area contributed by atoms with Crippen molar-refractivity contribution in [3.05, 3.63) is 101 Å². The van der Waals surface area contributed by atoms with Crippen LogP contribution in [0.15, 0.2) is 78.9 Å². The number of esters is 1. The lowest BCUT2D eigenvalue weighted by atomic mass is 9.99. The van der Waals surface area contributed by atoms with E-state index in [0.29, 0.717) is 5.02 Å². The summed E-state index contributed by atoms with van der Waals surface area (Å²) in [5.41, 5.74) is 7.98. The van der Waals surface area contributed by atoms with Gasteiger partial charge in [0.1, 0.15) is 0 Å². The number of ether oxygens (including phenoxy) is 1. The van der Waals surface area contributed by atoms with Crippen LogP contribution in [-0.2, 0) is 9.53 Å². The van der Waals surface area contributed by atoms with Gasteiger partial charge in [-0.15, -0.1) is 0 Å². The molecule has 3 aromatic carbocycles. The van der Waals surface area contributed by atoms with Gasteiger partial charge in [-0.05, 0) is 29.3 Å². The van der Waals surface area contributed by atoms with E-state index in [9.17, 15) is 9.59 Å². The summed E-state index contributed by atoms with van der Waals surface area (Å²) >= 11 is 5.89. The number of carbonyl (C=O) groups is 2. The molecule has 1 amide bonds. The van der Waals surface area contributed by atoms with Crippen molar-refractivity contribution in [2.45, 2.75) is 6.04 Å². The number of hydrogen-bond donors (Lipinski definition) is 2. The van der Waals surface area contributed by atoms with Gasteiger partial charge in [0.2, 0.25) is 0 Å². The Balaban J connectivity index is 1.69. The van der Waals surface area contributed by atoms with Crippen LogP contribution in [0.5, 0.6) is 0 Å². The van der Waals surface area contributed by atoms with Crippen molar-refractivity contribution in [2.24, 2.45) is 0 Å². The first-order valence-corrected chi connectivity index (χ1v) is 9.04. The number of nitrogens with one attached hydrogen (secondary N) is 1. The van der Waals surface area contributed by atoms with Crippen LogP contribution in [0.4, 0.5) is 5.69 Å². The second-order valence-corrected chi connectivity index (χ2v) is 6.57. The molecule has 3 aromatic rings. The zero-order valence-electron chi connectivity index (χ0n) is 15.0. The summed E-state index contributed by atoms with van der Waals surface area (Å²) in [6, 6.07) is 23.3. The first kappa shape index (κ1) is 19.5. The minimum absolute atomic E-state index is 0.128. The molecule has 0 aliphatic heterocycles. The van der Waals surface area contributed by atoms with E-state index in [2.05, 4.69) is 5.32 Å². The number of rotatable bonds is 6.